The monoisotopic (exact) mass is 453 g/mol. The third-order valence-corrected chi connectivity index (χ3v) is 7.48. The van der Waals surface area contributed by atoms with Crippen molar-refractivity contribution in [2.45, 2.75) is 174 Å². The Morgan fingerprint density at radius 2 is 0.469 bits per heavy atom. The summed E-state index contributed by atoms with van der Waals surface area (Å²) in [5.41, 5.74) is 0. The van der Waals surface area contributed by atoms with Crippen molar-refractivity contribution in [2.24, 2.45) is 0 Å². The summed E-state index contributed by atoms with van der Waals surface area (Å²) >= 11 is 0. The van der Waals surface area contributed by atoms with Crippen LogP contribution in [0.3, 0.4) is 0 Å². The summed E-state index contributed by atoms with van der Waals surface area (Å²) in [6, 6.07) is 0. The fourth-order valence-electron chi connectivity index (χ4n) is 5.05. The molecule has 1 nitrogen and oxygen atoms in total. The van der Waals surface area contributed by atoms with Crippen LogP contribution in [0, 0.1) is 0 Å². The van der Waals surface area contributed by atoms with Gasteiger partial charge < -0.3 is 4.48 Å². The largest absolute Gasteiger partial charge is 0.328 e. The van der Waals surface area contributed by atoms with Gasteiger partial charge in [-0.1, -0.05) is 149 Å². The molecule has 0 aromatic rings. The van der Waals surface area contributed by atoms with E-state index in [4.69, 9.17) is 0 Å². The molecular formula is C31H66N+. The molecule has 0 bridgehead atoms. The molecule has 0 unspecified atom stereocenters. The van der Waals surface area contributed by atoms with Gasteiger partial charge in [0.2, 0.25) is 0 Å². The van der Waals surface area contributed by atoms with Gasteiger partial charge in [0.05, 0.1) is 27.2 Å². The first kappa shape index (κ1) is 32.0. The number of quaternary nitrogens is 1. The highest BCUT2D eigenvalue weighted by atomic mass is 15.3. The summed E-state index contributed by atoms with van der Waals surface area (Å²) in [4.78, 5) is 0. The topological polar surface area (TPSA) is 0 Å². The summed E-state index contributed by atoms with van der Waals surface area (Å²) in [5, 5.41) is 0. The van der Waals surface area contributed by atoms with Crippen molar-refractivity contribution in [3.8, 4) is 0 Å². The van der Waals surface area contributed by atoms with Gasteiger partial charge in [-0.2, -0.15) is 0 Å². The standard InChI is InChI=1S/C31H66N/c1-5-7-9-11-13-15-16-17-18-19-20-21-22-23-25-27-29-31-32(3,4)30-28-26-24-14-12-10-8-6-2/h5-31H2,1-4H3/q+1. The maximum atomic E-state index is 2.45. The van der Waals surface area contributed by atoms with Crippen molar-refractivity contribution >= 4 is 0 Å². The molecule has 0 aromatic carbocycles. The molecule has 194 valence electrons. The molecule has 0 atom stereocenters. The Morgan fingerprint density at radius 1 is 0.281 bits per heavy atom. The van der Waals surface area contributed by atoms with Gasteiger partial charge in [0, 0.05) is 0 Å². The molecule has 0 spiro atoms. The van der Waals surface area contributed by atoms with Gasteiger partial charge >= 0.3 is 0 Å². The van der Waals surface area contributed by atoms with Crippen LogP contribution in [0.15, 0.2) is 0 Å². The van der Waals surface area contributed by atoms with Gasteiger partial charge in [-0.25, -0.2) is 0 Å². The van der Waals surface area contributed by atoms with Gasteiger partial charge in [0.25, 0.3) is 0 Å². The molecule has 0 aliphatic heterocycles. The first-order valence-corrected chi connectivity index (χ1v) is 15.4. The van der Waals surface area contributed by atoms with Gasteiger partial charge in [0.1, 0.15) is 0 Å². The van der Waals surface area contributed by atoms with E-state index in [-0.39, 0.29) is 0 Å². The Labute approximate surface area is 206 Å². The lowest BCUT2D eigenvalue weighted by Gasteiger charge is -2.30. The number of hydrogen-bond donors (Lipinski definition) is 0. The Bertz CT molecular complexity index is 335. The van der Waals surface area contributed by atoms with Crippen molar-refractivity contribution in [1.29, 1.82) is 0 Å². The van der Waals surface area contributed by atoms with Crippen molar-refractivity contribution in [2.75, 3.05) is 27.2 Å². The van der Waals surface area contributed by atoms with Gasteiger partial charge in [0.15, 0.2) is 0 Å². The van der Waals surface area contributed by atoms with Crippen LogP contribution < -0.4 is 0 Å². The van der Waals surface area contributed by atoms with Crippen LogP contribution in [0.4, 0.5) is 0 Å². The fraction of sp³-hybridized carbons (Fsp3) is 1.00. The summed E-state index contributed by atoms with van der Waals surface area (Å²) in [6.07, 6.45) is 36.5. The third kappa shape index (κ3) is 26.2. The summed E-state index contributed by atoms with van der Waals surface area (Å²) < 4.78 is 1.24. The van der Waals surface area contributed by atoms with E-state index in [9.17, 15) is 0 Å². The van der Waals surface area contributed by atoms with Crippen LogP contribution >= 0.6 is 0 Å². The van der Waals surface area contributed by atoms with Gasteiger partial charge in [-0.05, 0) is 25.7 Å². The molecule has 0 radical (unpaired) electrons. The Morgan fingerprint density at radius 3 is 0.688 bits per heavy atom. The molecule has 0 fully saturated rings. The Kier molecular flexibility index (Phi) is 25.5. The van der Waals surface area contributed by atoms with Gasteiger partial charge in [-0.15, -0.1) is 0 Å². The van der Waals surface area contributed by atoms with Crippen LogP contribution in [0.5, 0.6) is 0 Å². The van der Waals surface area contributed by atoms with E-state index in [0.29, 0.717) is 0 Å². The zero-order chi connectivity index (χ0) is 23.6. The molecule has 0 N–H and O–H groups in total. The molecule has 1 heteroatoms. The maximum Gasteiger partial charge on any atom is 0.0782 e. The zero-order valence-corrected chi connectivity index (χ0v) is 23.5. The zero-order valence-electron chi connectivity index (χ0n) is 23.5. The second-order valence-corrected chi connectivity index (χ2v) is 11.5. The molecule has 0 aromatic heterocycles. The minimum absolute atomic E-state index is 1.24. The minimum Gasteiger partial charge on any atom is -0.328 e. The van der Waals surface area contributed by atoms with Crippen LogP contribution in [0.25, 0.3) is 0 Å². The van der Waals surface area contributed by atoms with Crippen LogP contribution in [-0.2, 0) is 0 Å². The maximum absolute atomic E-state index is 2.45. The average molecular weight is 453 g/mol. The van der Waals surface area contributed by atoms with Crippen LogP contribution in [-0.4, -0.2) is 31.7 Å². The van der Waals surface area contributed by atoms with Crippen molar-refractivity contribution in [1.82, 2.24) is 0 Å². The van der Waals surface area contributed by atoms with Crippen LogP contribution in [0.1, 0.15) is 174 Å². The van der Waals surface area contributed by atoms with Crippen LogP contribution in [0.2, 0.25) is 0 Å². The summed E-state index contributed by atoms with van der Waals surface area (Å²) in [6.45, 7) is 7.38. The second kappa shape index (κ2) is 25.6. The SMILES string of the molecule is CCCCCCCCCCCCCCCCCCC[N+](C)(C)CCCCCCCCCC. The molecule has 0 aliphatic carbocycles. The number of rotatable bonds is 27. The highest BCUT2D eigenvalue weighted by Crippen LogP contribution is 2.15. The Hall–Kier alpha value is -0.0400. The van der Waals surface area contributed by atoms with E-state index < -0.39 is 0 Å². The van der Waals surface area contributed by atoms with E-state index in [1.807, 2.05) is 0 Å². The molecule has 0 saturated carbocycles. The van der Waals surface area contributed by atoms with Crippen molar-refractivity contribution in [3.63, 3.8) is 0 Å². The molecule has 0 rings (SSSR count). The number of hydrogen-bond acceptors (Lipinski definition) is 0. The lowest BCUT2D eigenvalue weighted by Crippen LogP contribution is -2.41. The fourth-order valence-corrected chi connectivity index (χ4v) is 5.05. The molecule has 0 amide bonds. The molecular weight excluding hydrogens is 386 g/mol. The molecule has 0 heterocycles. The van der Waals surface area contributed by atoms with E-state index >= 15 is 0 Å². The molecule has 32 heavy (non-hydrogen) atoms. The Balaban J connectivity index is 3.25. The average Bonchev–Trinajstić information content (AvgIpc) is 2.77. The predicted octanol–water partition coefficient (Wildman–Crippen LogP) is 10.9. The highest BCUT2D eigenvalue weighted by molar-refractivity contribution is 4.51. The highest BCUT2D eigenvalue weighted by Gasteiger charge is 2.13. The normalized spacial score (nSPS) is 12.0. The lowest BCUT2D eigenvalue weighted by atomic mass is 10.0. The second-order valence-electron chi connectivity index (χ2n) is 11.5. The van der Waals surface area contributed by atoms with Gasteiger partial charge in [-0.3, -0.25) is 0 Å². The summed E-state index contributed by atoms with van der Waals surface area (Å²) in [5.74, 6) is 0. The predicted molar refractivity (Wildman–Crippen MR) is 149 cm³/mol. The number of nitrogens with zero attached hydrogens (tertiary/aromatic N) is 1. The first-order chi connectivity index (χ1) is 15.6. The quantitative estimate of drug-likeness (QED) is 0.0858. The number of unbranched alkanes of at least 4 members (excludes halogenated alkanes) is 23. The first-order valence-electron chi connectivity index (χ1n) is 15.4. The van der Waals surface area contributed by atoms with Crippen molar-refractivity contribution < 1.29 is 4.48 Å². The van der Waals surface area contributed by atoms with E-state index in [1.165, 1.54) is 178 Å². The van der Waals surface area contributed by atoms with E-state index in [1.54, 1.807) is 0 Å². The van der Waals surface area contributed by atoms with E-state index in [0.717, 1.165) is 0 Å². The minimum atomic E-state index is 1.24. The smallest absolute Gasteiger partial charge is 0.0782 e. The van der Waals surface area contributed by atoms with E-state index in [2.05, 4.69) is 27.9 Å². The third-order valence-electron chi connectivity index (χ3n) is 7.48. The van der Waals surface area contributed by atoms with Crippen molar-refractivity contribution in [3.05, 3.63) is 0 Å². The summed E-state index contributed by atoms with van der Waals surface area (Å²) in [7, 11) is 4.90. The molecule has 0 aliphatic rings. The lowest BCUT2D eigenvalue weighted by molar-refractivity contribution is -0.890. The molecule has 0 saturated heterocycles.